The van der Waals surface area contributed by atoms with Gasteiger partial charge >= 0.3 is 0 Å². The lowest BCUT2D eigenvalue weighted by Gasteiger charge is -2.40. The maximum atomic E-state index is 12.7. The third kappa shape index (κ3) is 3.26. The number of hydrogen-bond acceptors (Lipinski definition) is 3. The van der Waals surface area contributed by atoms with Crippen LogP contribution in [0.25, 0.3) is 0 Å². The number of rotatable bonds is 5. The van der Waals surface area contributed by atoms with E-state index in [1.807, 2.05) is 18.7 Å². The summed E-state index contributed by atoms with van der Waals surface area (Å²) in [5.41, 5.74) is 5.21. The number of likely N-dealkylation sites (tertiary alicyclic amines) is 1. The molecule has 1 amide bonds. The predicted octanol–water partition coefficient (Wildman–Crippen LogP) is 1.63. The van der Waals surface area contributed by atoms with Crippen molar-refractivity contribution in [2.45, 2.75) is 45.6 Å². The van der Waals surface area contributed by atoms with Crippen LogP contribution in [0.3, 0.4) is 0 Å². The summed E-state index contributed by atoms with van der Waals surface area (Å²) in [4.78, 5) is 17.3. The first-order chi connectivity index (χ1) is 8.89. The lowest BCUT2D eigenvalue weighted by Crippen LogP contribution is -2.53. The molecule has 1 saturated heterocycles. The Hall–Kier alpha value is -0.680. The van der Waals surface area contributed by atoms with Crippen LogP contribution in [-0.2, 0) is 4.79 Å². The fraction of sp³-hybridized carbons (Fsp3) is 0.857. The molecule has 0 spiro atoms. The Morgan fingerprint density at radius 3 is 2.11 bits per heavy atom. The van der Waals surface area contributed by atoms with Gasteiger partial charge in [0.2, 0.25) is 5.91 Å². The average molecular weight is 285 g/mol. The summed E-state index contributed by atoms with van der Waals surface area (Å²) in [6, 6.07) is 0.575. The van der Waals surface area contributed by atoms with Gasteiger partial charge in [-0.2, -0.15) is 0 Å². The number of amides is 1. The lowest BCUT2D eigenvalue weighted by atomic mass is 9.80. The van der Waals surface area contributed by atoms with Crippen LogP contribution in [0.5, 0.6) is 0 Å². The normalized spacial score (nSPS) is 17.8. The molecule has 0 saturated carbocycles. The maximum Gasteiger partial charge on any atom is 0.235 e. The molecule has 4 nitrogen and oxygen atoms in total. The number of nitrogens with two attached hydrogens (primary N) is 1. The Balaban J connectivity index is 2.76. The lowest BCUT2D eigenvalue weighted by molar-refractivity contribution is -0.140. The molecule has 0 radical (unpaired) electrons. The van der Waals surface area contributed by atoms with Gasteiger partial charge in [0.05, 0.1) is 10.4 Å². The molecule has 2 N–H and O–H groups in total. The fourth-order valence-corrected chi connectivity index (χ4v) is 3.27. The molecule has 19 heavy (non-hydrogen) atoms. The maximum absolute atomic E-state index is 12.7. The van der Waals surface area contributed by atoms with Gasteiger partial charge in [-0.3, -0.25) is 4.79 Å². The average Bonchev–Trinajstić information content (AvgIpc) is 2.40. The number of carbonyl (C=O) groups excluding carboxylic acids is 1. The van der Waals surface area contributed by atoms with Crippen molar-refractivity contribution in [3.8, 4) is 0 Å². The Labute approximate surface area is 122 Å². The van der Waals surface area contributed by atoms with Crippen LogP contribution in [0.4, 0.5) is 0 Å². The van der Waals surface area contributed by atoms with Crippen LogP contribution >= 0.6 is 12.2 Å². The summed E-state index contributed by atoms with van der Waals surface area (Å²) in [6.07, 6.45) is 3.43. The summed E-state index contributed by atoms with van der Waals surface area (Å²) in [5.74, 6) is 0.127. The topological polar surface area (TPSA) is 49.6 Å². The van der Waals surface area contributed by atoms with E-state index < -0.39 is 5.41 Å². The molecule has 0 aromatic carbocycles. The van der Waals surface area contributed by atoms with Gasteiger partial charge in [-0.25, -0.2) is 0 Å². The zero-order valence-corrected chi connectivity index (χ0v) is 13.4. The van der Waals surface area contributed by atoms with Crippen LogP contribution in [-0.4, -0.2) is 53.9 Å². The van der Waals surface area contributed by atoms with Crippen LogP contribution in [0.1, 0.15) is 39.5 Å². The van der Waals surface area contributed by atoms with E-state index in [4.69, 9.17) is 18.0 Å². The van der Waals surface area contributed by atoms with Crippen molar-refractivity contribution in [1.82, 2.24) is 9.80 Å². The quantitative estimate of drug-likeness (QED) is 0.780. The number of thiocarbonyl (C=S) groups is 1. The number of nitrogens with zero attached hydrogens (tertiary/aromatic N) is 2. The third-order valence-corrected chi connectivity index (χ3v) is 4.96. The zero-order chi connectivity index (χ0) is 14.6. The van der Waals surface area contributed by atoms with Crippen molar-refractivity contribution in [3.05, 3.63) is 0 Å². The van der Waals surface area contributed by atoms with E-state index in [9.17, 15) is 4.79 Å². The smallest absolute Gasteiger partial charge is 0.235 e. The van der Waals surface area contributed by atoms with Gasteiger partial charge in [0.15, 0.2) is 0 Å². The van der Waals surface area contributed by atoms with E-state index in [-0.39, 0.29) is 5.91 Å². The molecule has 5 heteroatoms. The number of piperidine rings is 1. The van der Waals surface area contributed by atoms with Crippen molar-refractivity contribution in [1.29, 1.82) is 0 Å². The number of carbonyl (C=O) groups is 1. The highest BCUT2D eigenvalue weighted by molar-refractivity contribution is 7.80. The van der Waals surface area contributed by atoms with Gasteiger partial charge in [0.25, 0.3) is 0 Å². The molecule has 0 unspecified atom stereocenters. The van der Waals surface area contributed by atoms with Gasteiger partial charge in [-0.1, -0.05) is 26.1 Å². The molecule has 0 aromatic heterocycles. The molecule has 1 fully saturated rings. The summed E-state index contributed by atoms with van der Waals surface area (Å²) in [7, 11) is 4.19. The minimum Gasteiger partial charge on any atom is -0.392 e. The Bertz CT molecular complexity index is 332. The van der Waals surface area contributed by atoms with Gasteiger partial charge in [0, 0.05) is 19.1 Å². The minimum atomic E-state index is -0.639. The second-order valence-electron chi connectivity index (χ2n) is 5.64. The Morgan fingerprint density at radius 2 is 1.79 bits per heavy atom. The van der Waals surface area contributed by atoms with Crippen molar-refractivity contribution in [3.63, 3.8) is 0 Å². The third-order valence-electron chi connectivity index (χ3n) is 4.57. The van der Waals surface area contributed by atoms with Crippen LogP contribution in [0, 0.1) is 5.41 Å². The van der Waals surface area contributed by atoms with Crippen LogP contribution in [0.15, 0.2) is 0 Å². The van der Waals surface area contributed by atoms with Gasteiger partial charge in [-0.15, -0.1) is 0 Å². The van der Waals surface area contributed by atoms with Gasteiger partial charge < -0.3 is 15.5 Å². The van der Waals surface area contributed by atoms with E-state index in [2.05, 4.69) is 19.0 Å². The molecule has 0 atom stereocenters. The van der Waals surface area contributed by atoms with Crippen molar-refractivity contribution < 1.29 is 4.79 Å². The largest absolute Gasteiger partial charge is 0.392 e. The van der Waals surface area contributed by atoms with Crippen molar-refractivity contribution >= 4 is 23.1 Å². The summed E-state index contributed by atoms with van der Waals surface area (Å²) >= 11 is 5.16. The van der Waals surface area contributed by atoms with Crippen molar-refractivity contribution in [2.24, 2.45) is 11.1 Å². The first-order valence-corrected chi connectivity index (χ1v) is 7.55. The second-order valence-corrected chi connectivity index (χ2v) is 6.08. The van der Waals surface area contributed by atoms with E-state index in [1.165, 1.54) is 0 Å². The van der Waals surface area contributed by atoms with Crippen LogP contribution < -0.4 is 5.73 Å². The van der Waals surface area contributed by atoms with Crippen LogP contribution in [0.2, 0.25) is 0 Å². The first-order valence-electron chi connectivity index (χ1n) is 7.14. The minimum absolute atomic E-state index is 0.127. The molecular formula is C14H27N3OS. The monoisotopic (exact) mass is 285 g/mol. The van der Waals surface area contributed by atoms with Crippen molar-refractivity contribution in [2.75, 3.05) is 27.2 Å². The fourth-order valence-electron chi connectivity index (χ4n) is 2.89. The van der Waals surface area contributed by atoms with Gasteiger partial charge in [-0.05, 0) is 39.8 Å². The standard InChI is InChI=1S/C14H27N3OS/c1-5-14(6-2,12(15)19)13(18)17-9-7-11(8-10-17)16(3)4/h11H,5-10H2,1-4H3,(H2,15,19). The SMILES string of the molecule is CCC(CC)(C(=O)N1CCC(N(C)C)CC1)C(N)=S. The van der Waals surface area contributed by atoms with E-state index in [1.54, 1.807) is 0 Å². The molecule has 0 aliphatic carbocycles. The summed E-state index contributed by atoms with van der Waals surface area (Å²) in [5, 5.41) is 0. The van der Waals surface area contributed by atoms with E-state index >= 15 is 0 Å². The molecule has 1 aliphatic rings. The Kier molecular flexibility index (Phi) is 5.74. The Morgan fingerprint density at radius 1 is 1.32 bits per heavy atom. The zero-order valence-electron chi connectivity index (χ0n) is 12.6. The molecule has 0 aromatic rings. The molecule has 1 aliphatic heterocycles. The summed E-state index contributed by atoms with van der Waals surface area (Å²) < 4.78 is 0. The molecule has 1 heterocycles. The predicted molar refractivity (Wildman–Crippen MR) is 83.1 cm³/mol. The highest BCUT2D eigenvalue weighted by Gasteiger charge is 2.41. The molecular weight excluding hydrogens is 258 g/mol. The molecule has 110 valence electrons. The number of hydrogen-bond donors (Lipinski definition) is 1. The highest BCUT2D eigenvalue weighted by atomic mass is 32.1. The molecule has 0 bridgehead atoms. The van der Waals surface area contributed by atoms with E-state index in [0.717, 1.165) is 25.9 Å². The highest BCUT2D eigenvalue weighted by Crippen LogP contribution is 2.31. The van der Waals surface area contributed by atoms with Gasteiger partial charge in [0.1, 0.15) is 0 Å². The first kappa shape index (κ1) is 16.4. The second kappa shape index (κ2) is 6.66. The molecule has 1 rings (SSSR count). The van der Waals surface area contributed by atoms with E-state index in [0.29, 0.717) is 23.9 Å². The summed E-state index contributed by atoms with van der Waals surface area (Å²) in [6.45, 7) is 5.61.